The minimum atomic E-state index is 0.368. The van der Waals surface area contributed by atoms with E-state index in [0.29, 0.717) is 22.6 Å². The van der Waals surface area contributed by atoms with Crippen LogP contribution in [0, 0.1) is 6.92 Å². The van der Waals surface area contributed by atoms with Crippen LogP contribution in [0.1, 0.15) is 16.8 Å². The molecule has 1 heterocycles. The van der Waals surface area contributed by atoms with Crippen LogP contribution in [-0.4, -0.2) is 9.78 Å². The van der Waals surface area contributed by atoms with Crippen molar-refractivity contribution in [3.8, 4) is 0 Å². The Hall–Kier alpha value is -0.700. The van der Waals surface area contributed by atoms with Gasteiger partial charge in [-0.3, -0.25) is 0 Å². The van der Waals surface area contributed by atoms with Crippen LogP contribution in [0.5, 0.6) is 0 Å². The average Bonchev–Trinajstić information content (AvgIpc) is 2.57. The predicted molar refractivity (Wildman–Crippen MR) is 72.1 cm³/mol. The van der Waals surface area contributed by atoms with E-state index < -0.39 is 0 Å². The number of aryl methyl sites for hydroxylation is 1. The molecule has 0 saturated heterocycles. The van der Waals surface area contributed by atoms with E-state index in [1.54, 1.807) is 4.68 Å². The van der Waals surface area contributed by atoms with Gasteiger partial charge in [-0.15, -0.1) is 11.6 Å². The Balaban J connectivity index is 2.34. The molecule has 2 nitrogen and oxygen atoms in total. The van der Waals surface area contributed by atoms with Crippen molar-refractivity contribution in [2.45, 2.75) is 19.3 Å². The van der Waals surface area contributed by atoms with E-state index in [2.05, 4.69) is 5.10 Å². The third-order valence-corrected chi connectivity index (χ3v) is 3.65. The highest BCUT2D eigenvalue weighted by atomic mass is 35.5. The van der Waals surface area contributed by atoms with Gasteiger partial charge < -0.3 is 0 Å². The second-order valence-corrected chi connectivity index (χ2v) is 4.77. The molecule has 2 rings (SSSR count). The summed E-state index contributed by atoms with van der Waals surface area (Å²) in [6.07, 6.45) is 0. The number of hydrogen-bond donors (Lipinski definition) is 0. The molecule has 0 unspecified atom stereocenters. The van der Waals surface area contributed by atoms with E-state index in [9.17, 15) is 0 Å². The molecule has 0 aliphatic heterocycles. The number of rotatable bonds is 3. The zero-order valence-corrected chi connectivity index (χ0v) is 11.5. The SMILES string of the molecule is Cc1nn(Cc2ccccc2Cl)c(Cl)c1CCl. The number of halogens is 3. The normalized spacial score (nSPS) is 10.8. The average molecular weight is 290 g/mol. The molecule has 0 fully saturated rings. The monoisotopic (exact) mass is 288 g/mol. The summed E-state index contributed by atoms with van der Waals surface area (Å²) in [6.45, 7) is 2.45. The first kappa shape index (κ1) is 12.7. The van der Waals surface area contributed by atoms with Crippen LogP contribution in [-0.2, 0) is 12.4 Å². The van der Waals surface area contributed by atoms with Crippen molar-refractivity contribution in [2.75, 3.05) is 0 Å². The van der Waals surface area contributed by atoms with Gasteiger partial charge in [-0.2, -0.15) is 5.10 Å². The summed E-state index contributed by atoms with van der Waals surface area (Å²) in [5, 5.41) is 5.65. The Bertz CT molecular complexity index is 535. The molecule has 0 bridgehead atoms. The summed E-state index contributed by atoms with van der Waals surface area (Å²) < 4.78 is 1.72. The first-order valence-electron chi connectivity index (χ1n) is 5.14. The zero-order chi connectivity index (χ0) is 12.4. The second-order valence-electron chi connectivity index (χ2n) is 3.74. The van der Waals surface area contributed by atoms with Gasteiger partial charge in [0.05, 0.1) is 18.1 Å². The molecule has 2 aromatic rings. The number of alkyl halides is 1. The fourth-order valence-corrected chi connectivity index (χ4v) is 2.52. The number of aromatic nitrogens is 2. The van der Waals surface area contributed by atoms with Gasteiger partial charge in [-0.05, 0) is 18.6 Å². The lowest BCUT2D eigenvalue weighted by Crippen LogP contribution is -2.02. The topological polar surface area (TPSA) is 17.8 Å². The maximum absolute atomic E-state index is 6.20. The summed E-state index contributed by atoms with van der Waals surface area (Å²) in [5.41, 5.74) is 2.72. The van der Waals surface area contributed by atoms with Crippen molar-refractivity contribution < 1.29 is 0 Å². The van der Waals surface area contributed by atoms with E-state index in [0.717, 1.165) is 16.8 Å². The highest BCUT2D eigenvalue weighted by Gasteiger charge is 2.13. The van der Waals surface area contributed by atoms with Crippen molar-refractivity contribution in [1.82, 2.24) is 9.78 Å². The Kier molecular flexibility index (Phi) is 3.97. The summed E-state index contributed by atoms with van der Waals surface area (Å²) in [7, 11) is 0. The predicted octanol–water partition coefficient (Wildman–Crippen LogP) is 4.29. The third-order valence-electron chi connectivity index (χ3n) is 2.59. The molecule has 17 heavy (non-hydrogen) atoms. The molecule has 0 atom stereocenters. The number of hydrogen-bond acceptors (Lipinski definition) is 1. The van der Waals surface area contributed by atoms with Crippen LogP contribution in [0.2, 0.25) is 10.2 Å². The Morgan fingerprint density at radius 3 is 2.53 bits per heavy atom. The summed E-state index contributed by atoms with van der Waals surface area (Å²) in [5.74, 6) is 0.368. The molecule has 0 N–H and O–H groups in total. The molecule has 5 heteroatoms. The van der Waals surface area contributed by atoms with Crippen LogP contribution in [0.4, 0.5) is 0 Å². The van der Waals surface area contributed by atoms with E-state index in [1.165, 1.54) is 0 Å². The molecule has 0 radical (unpaired) electrons. The quantitative estimate of drug-likeness (QED) is 0.771. The minimum absolute atomic E-state index is 0.368. The summed E-state index contributed by atoms with van der Waals surface area (Å²) in [4.78, 5) is 0. The fourth-order valence-electron chi connectivity index (χ4n) is 1.63. The Labute approximate surface area is 115 Å². The van der Waals surface area contributed by atoms with Gasteiger partial charge >= 0.3 is 0 Å². The van der Waals surface area contributed by atoms with Gasteiger partial charge in [0.2, 0.25) is 0 Å². The standard InChI is InChI=1S/C12H11Cl3N2/c1-8-10(6-13)12(15)17(16-8)7-9-4-2-3-5-11(9)14/h2-5H,6-7H2,1H3. The van der Waals surface area contributed by atoms with Gasteiger partial charge in [0.25, 0.3) is 0 Å². The van der Waals surface area contributed by atoms with E-state index in [-0.39, 0.29) is 0 Å². The maximum Gasteiger partial charge on any atom is 0.132 e. The molecule has 1 aromatic heterocycles. The molecule has 0 aliphatic carbocycles. The van der Waals surface area contributed by atoms with Gasteiger partial charge in [-0.1, -0.05) is 41.4 Å². The fraction of sp³-hybridized carbons (Fsp3) is 0.250. The van der Waals surface area contributed by atoms with Gasteiger partial charge in [0.1, 0.15) is 5.15 Å². The first-order valence-corrected chi connectivity index (χ1v) is 6.43. The number of benzene rings is 1. The molecule has 1 aromatic carbocycles. The van der Waals surface area contributed by atoms with E-state index in [1.807, 2.05) is 31.2 Å². The smallest absolute Gasteiger partial charge is 0.132 e. The van der Waals surface area contributed by atoms with Crippen LogP contribution in [0.3, 0.4) is 0 Å². The zero-order valence-electron chi connectivity index (χ0n) is 9.25. The highest BCUT2D eigenvalue weighted by molar-refractivity contribution is 6.32. The lowest BCUT2D eigenvalue weighted by atomic mass is 10.2. The number of nitrogens with zero attached hydrogens (tertiary/aromatic N) is 2. The maximum atomic E-state index is 6.20. The Morgan fingerprint density at radius 1 is 1.24 bits per heavy atom. The summed E-state index contributed by atoms with van der Waals surface area (Å²) in [6, 6.07) is 7.64. The van der Waals surface area contributed by atoms with Gasteiger partial charge in [-0.25, -0.2) is 4.68 Å². The Morgan fingerprint density at radius 2 is 1.94 bits per heavy atom. The molecule has 90 valence electrons. The second kappa shape index (κ2) is 5.30. The molecule has 0 amide bonds. The van der Waals surface area contributed by atoms with Crippen LogP contribution in [0.15, 0.2) is 24.3 Å². The minimum Gasteiger partial charge on any atom is -0.249 e. The molecule has 0 spiro atoms. The van der Waals surface area contributed by atoms with Crippen LogP contribution < -0.4 is 0 Å². The lowest BCUT2D eigenvalue weighted by Gasteiger charge is -2.05. The van der Waals surface area contributed by atoms with Crippen LogP contribution >= 0.6 is 34.8 Å². The first-order chi connectivity index (χ1) is 8.13. The summed E-state index contributed by atoms with van der Waals surface area (Å²) >= 11 is 18.1. The third kappa shape index (κ3) is 2.59. The molecular formula is C12H11Cl3N2. The van der Waals surface area contributed by atoms with Crippen molar-refractivity contribution >= 4 is 34.8 Å². The lowest BCUT2D eigenvalue weighted by molar-refractivity contribution is 0.680. The van der Waals surface area contributed by atoms with Crippen molar-refractivity contribution in [3.63, 3.8) is 0 Å². The highest BCUT2D eigenvalue weighted by Crippen LogP contribution is 2.24. The van der Waals surface area contributed by atoms with Crippen LogP contribution in [0.25, 0.3) is 0 Å². The molecule has 0 aliphatic rings. The molecule has 0 saturated carbocycles. The van der Waals surface area contributed by atoms with Crippen molar-refractivity contribution in [1.29, 1.82) is 0 Å². The van der Waals surface area contributed by atoms with E-state index in [4.69, 9.17) is 34.8 Å². The van der Waals surface area contributed by atoms with Crippen molar-refractivity contribution in [2.24, 2.45) is 0 Å². The largest absolute Gasteiger partial charge is 0.249 e. The van der Waals surface area contributed by atoms with Gasteiger partial charge in [0.15, 0.2) is 0 Å². The molecular weight excluding hydrogens is 279 g/mol. The van der Waals surface area contributed by atoms with Crippen molar-refractivity contribution in [3.05, 3.63) is 51.3 Å². The van der Waals surface area contributed by atoms with Gasteiger partial charge in [0, 0.05) is 10.6 Å². The van der Waals surface area contributed by atoms with E-state index >= 15 is 0 Å².